The molecule has 4 aromatic rings. The molecule has 0 bridgehead atoms. The van der Waals surface area contributed by atoms with E-state index in [2.05, 4.69) is 58.9 Å². The van der Waals surface area contributed by atoms with E-state index in [1.807, 2.05) is 34.8 Å². The normalized spacial score (nSPS) is 15.4. The van der Waals surface area contributed by atoms with Crippen molar-refractivity contribution in [1.29, 1.82) is 0 Å². The summed E-state index contributed by atoms with van der Waals surface area (Å²) < 4.78 is 1.87. The molecule has 1 aliphatic heterocycles. The monoisotopic (exact) mass is 376 g/mol. The molecule has 8 heteroatoms. The highest BCUT2D eigenvalue weighted by Gasteiger charge is 2.33. The van der Waals surface area contributed by atoms with Crippen LogP contribution in [0.4, 0.5) is 11.8 Å². The maximum atomic E-state index is 4.80. The number of hydrogen-bond donors (Lipinski definition) is 1. The van der Waals surface area contributed by atoms with Crippen LogP contribution in [0.5, 0.6) is 0 Å². The number of anilines is 2. The Kier molecular flexibility index (Phi) is 3.59. The van der Waals surface area contributed by atoms with Gasteiger partial charge < -0.3 is 14.8 Å². The molecule has 1 aliphatic rings. The molecule has 1 fully saturated rings. The van der Waals surface area contributed by atoms with Gasteiger partial charge in [-0.2, -0.15) is 4.52 Å². The summed E-state index contributed by atoms with van der Waals surface area (Å²) in [6, 6.07) is 12.5. The third-order valence-electron chi connectivity index (χ3n) is 5.36. The topological polar surface area (TPSA) is 78.2 Å². The Morgan fingerprint density at radius 1 is 1.07 bits per heavy atom. The van der Waals surface area contributed by atoms with E-state index >= 15 is 0 Å². The van der Waals surface area contributed by atoms with Crippen LogP contribution < -0.4 is 9.80 Å². The lowest BCUT2D eigenvalue weighted by atomic mass is 9.96. The lowest BCUT2D eigenvalue weighted by Gasteiger charge is -2.44. The molecule has 0 unspecified atom stereocenters. The number of H-pyrrole nitrogens is 1. The molecule has 0 spiro atoms. The molecule has 0 aliphatic carbocycles. The van der Waals surface area contributed by atoms with E-state index in [0.29, 0.717) is 6.04 Å². The second-order valence-electron chi connectivity index (χ2n) is 8.48. The van der Waals surface area contributed by atoms with E-state index in [1.54, 1.807) is 0 Å². The standard InChI is InChI=1S/C20H24N8/c1-20(2,3)18-24-23-16-9-10-17(25-28(16)18)27-11-13(12-27)26(4)19-21-14-7-5-6-8-15(14)22-19/h5-10,13H,11-12H2,1-4H3,(H,21,22). The Hall–Kier alpha value is -3.16. The van der Waals surface area contributed by atoms with Crippen molar-refractivity contribution in [1.82, 2.24) is 29.8 Å². The van der Waals surface area contributed by atoms with Gasteiger partial charge in [-0.1, -0.05) is 32.9 Å². The van der Waals surface area contributed by atoms with Gasteiger partial charge in [0.1, 0.15) is 5.82 Å². The fraction of sp³-hybridized carbons (Fsp3) is 0.400. The number of benzene rings is 1. The molecule has 144 valence electrons. The van der Waals surface area contributed by atoms with E-state index < -0.39 is 0 Å². The number of aromatic nitrogens is 6. The Bertz CT molecular complexity index is 1110. The van der Waals surface area contributed by atoms with Gasteiger partial charge in [-0.25, -0.2) is 4.98 Å². The second kappa shape index (κ2) is 5.92. The smallest absolute Gasteiger partial charge is 0.203 e. The Morgan fingerprint density at radius 3 is 2.61 bits per heavy atom. The quantitative estimate of drug-likeness (QED) is 0.592. The van der Waals surface area contributed by atoms with Crippen LogP contribution in [-0.4, -0.2) is 56.0 Å². The van der Waals surface area contributed by atoms with Gasteiger partial charge in [0.25, 0.3) is 0 Å². The number of aromatic amines is 1. The number of rotatable bonds is 3. The van der Waals surface area contributed by atoms with Crippen molar-refractivity contribution in [2.45, 2.75) is 32.2 Å². The summed E-state index contributed by atoms with van der Waals surface area (Å²) in [5.74, 6) is 2.73. The van der Waals surface area contributed by atoms with E-state index in [9.17, 15) is 0 Å². The van der Waals surface area contributed by atoms with Crippen molar-refractivity contribution in [2.24, 2.45) is 0 Å². The van der Waals surface area contributed by atoms with Gasteiger partial charge in [-0.15, -0.1) is 15.3 Å². The highest BCUT2D eigenvalue weighted by Crippen LogP contribution is 2.26. The van der Waals surface area contributed by atoms with E-state index in [-0.39, 0.29) is 5.41 Å². The van der Waals surface area contributed by atoms with Crippen LogP contribution in [0.25, 0.3) is 16.7 Å². The first-order valence-electron chi connectivity index (χ1n) is 9.55. The number of para-hydroxylation sites is 2. The van der Waals surface area contributed by atoms with Gasteiger partial charge in [0, 0.05) is 25.6 Å². The van der Waals surface area contributed by atoms with Crippen molar-refractivity contribution >= 4 is 28.4 Å². The highest BCUT2D eigenvalue weighted by molar-refractivity contribution is 5.77. The van der Waals surface area contributed by atoms with Gasteiger partial charge in [0.2, 0.25) is 5.95 Å². The summed E-state index contributed by atoms with van der Waals surface area (Å²) in [6.07, 6.45) is 0. The first-order chi connectivity index (χ1) is 13.4. The first kappa shape index (κ1) is 17.0. The molecule has 28 heavy (non-hydrogen) atoms. The zero-order valence-electron chi connectivity index (χ0n) is 16.6. The molecule has 3 aromatic heterocycles. The molecule has 1 aromatic carbocycles. The molecule has 0 radical (unpaired) electrons. The lowest BCUT2D eigenvalue weighted by Crippen LogP contribution is -2.59. The molecule has 8 nitrogen and oxygen atoms in total. The SMILES string of the molecule is CN(c1nc2ccccc2[nH]1)C1CN(c2ccc3nnc(C(C)(C)C)n3n2)C1. The van der Waals surface area contributed by atoms with E-state index in [1.165, 1.54) is 0 Å². The van der Waals surface area contributed by atoms with Crippen LogP contribution in [0.3, 0.4) is 0 Å². The fourth-order valence-corrected chi connectivity index (χ4v) is 3.58. The molecule has 0 amide bonds. The zero-order valence-corrected chi connectivity index (χ0v) is 16.6. The highest BCUT2D eigenvalue weighted by atomic mass is 15.4. The minimum Gasteiger partial charge on any atom is -0.351 e. The van der Waals surface area contributed by atoms with Crippen LogP contribution >= 0.6 is 0 Å². The predicted molar refractivity (Wildman–Crippen MR) is 110 cm³/mol. The van der Waals surface area contributed by atoms with Gasteiger partial charge >= 0.3 is 0 Å². The van der Waals surface area contributed by atoms with Crippen LogP contribution in [0.15, 0.2) is 36.4 Å². The minimum absolute atomic E-state index is 0.107. The average Bonchev–Trinajstić information content (AvgIpc) is 3.23. The third kappa shape index (κ3) is 2.67. The van der Waals surface area contributed by atoms with E-state index in [4.69, 9.17) is 10.1 Å². The Labute approximate surface area is 163 Å². The summed E-state index contributed by atoms with van der Waals surface area (Å²) in [7, 11) is 2.09. The van der Waals surface area contributed by atoms with Gasteiger partial charge in [-0.05, 0) is 24.3 Å². The van der Waals surface area contributed by atoms with Crippen molar-refractivity contribution in [3.8, 4) is 0 Å². The number of nitrogens with one attached hydrogen (secondary N) is 1. The summed E-state index contributed by atoms with van der Waals surface area (Å²) in [5, 5.41) is 13.4. The fourth-order valence-electron chi connectivity index (χ4n) is 3.58. The summed E-state index contributed by atoms with van der Waals surface area (Å²) >= 11 is 0. The van der Waals surface area contributed by atoms with Crippen LogP contribution in [-0.2, 0) is 5.41 Å². The molecule has 4 heterocycles. The van der Waals surface area contributed by atoms with Crippen molar-refractivity contribution in [3.63, 3.8) is 0 Å². The molecule has 0 atom stereocenters. The molecule has 0 saturated carbocycles. The van der Waals surface area contributed by atoms with Crippen molar-refractivity contribution < 1.29 is 0 Å². The molecule has 1 N–H and O–H groups in total. The number of hydrogen-bond acceptors (Lipinski definition) is 6. The van der Waals surface area contributed by atoms with Gasteiger partial charge in [0.05, 0.1) is 17.1 Å². The maximum Gasteiger partial charge on any atom is 0.203 e. The van der Waals surface area contributed by atoms with Crippen LogP contribution in [0, 0.1) is 0 Å². The first-order valence-corrected chi connectivity index (χ1v) is 9.55. The maximum absolute atomic E-state index is 4.80. The Balaban J connectivity index is 1.35. The van der Waals surface area contributed by atoms with Gasteiger partial charge in [0.15, 0.2) is 11.5 Å². The molecular formula is C20H24N8. The summed E-state index contributed by atoms with van der Waals surface area (Å²) in [4.78, 5) is 12.6. The Morgan fingerprint density at radius 2 is 1.86 bits per heavy atom. The van der Waals surface area contributed by atoms with Crippen molar-refractivity contribution in [2.75, 3.05) is 29.9 Å². The zero-order chi connectivity index (χ0) is 19.5. The number of nitrogens with zero attached hydrogens (tertiary/aromatic N) is 7. The van der Waals surface area contributed by atoms with Crippen LogP contribution in [0.2, 0.25) is 0 Å². The third-order valence-corrected chi connectivity index (χ3v) is 5.36. The number of fused-ring (bicyclic) bond motifs is 2. The molecule has 1 saturated heterocycles. The van der Waals surface area contributed by atoms with Crippen molar-refractivity contribution in [3.05, 3.63) is 42.2 Å². The van der Waals surface area contributed by atoms with E-state index in [0.717, 1.165) is 47.4 Å². The lowest BCUT2D eigenvalue weighted by molar-refractivity contribution is 0.481. The minimum atomic E-state index is -0.107. The number of likely N-dealkylation sites (N-methyl/N-ethyl adjacent to an activating group) is 1. The second-order valence-corrected chi connectivity index (χ2v) is 8.48. The average molecular weight is 376 g/mol. The predicted octanol–water partition coefficient (Wildman–Crippen LogP) is 2.62. The number of imidazole rings is 1. The summed E-state index contributed by atoms with van der Waals surface area (Å²) in [5.41, 5.74) is 2.74. The van der Waals surface area contributed by atoms with Gasteiger partial charge in [-0.3, -0.25) is 0 Å². The molecular weight excluding hydrogens is 352 g/mol. The van der Waals surface area contributed by atoms with Crippen LogP contribution in [0.1, 0.15) is 26.6 Å². The largest absolute Gasteiger partial charge is 0.351 e. The molecule has 5 rings (SSSR count). The summed E-state index contributed by atoms with van der Waals surface area (Å²) in [6.45, 7) is 8.18.